The number of aromatic hydroxyl groups is 1. The van der Waals surface area contributed by atoms with Crippen LogP contribution in [-0.2, 0) is 4.79 Å². The van der Waals surface area contributed by atoms with Crippen LogP contribution in [-0.4, -0.2) is 11.0 Å². The number of phenols is 1. The normalized spacial score (nSPS) is 10.8. The average molecular weight is 343 g/mol. The highest BCUT2D eigenvalue weighted by molar-refractivity contribution is 9.10. The Morgan fingerprint density at radius 3 is 2.57 bits per heavy atom. The number of rotatable bonds is 3. The van der Waals surface area contributed by atoms with Gasteiger partial charge in [0, 0.05) is 5.69 Å². The highest BCUT2D eigenvalue weighted by atomic mass is 79.9. The molecule has 21 heavy (non-hydrogen) atoms. The molecule has 0 aliphatic carbocycles. The molecule has 0 aliphatic rings. The molecule has 0 atom stereocenters. The SMILES string of the molecule is N#CC(=Cc1ccc(O)c(Br)c1)C(=O)Nc1ccccc1. The molecule has 0 radical (unpaired) electrons. The highest BCUT2D eigenvalue weighted by Gasteiger charge is 2.09. The number of phenolic OH excluding ortho intramolecular Hbond substituents is 1. The van der Waals surface area contributed by atoms with E-state index in [1.165, 1.54) is 12.1 Å². The monoisotopic (exact) mass is 342 g/mol. The number of hydrogen-bond donors (Lipinski definition) is 2. The summed E-state index contributed by atoms with van der Waals surface area (Å²) in [7, 11) is 0. The third-order valence-corrected chi connectivity index (χ3v) is 3.31. The fourth-order valence-electron chi connectivity index (χ4n) is 1.65. The summed E-state index contributed by atoms with van der Waals surface area (Å²) in [5, 5.41) is 21.2. The molecule has 104 valence electrons. The summed E-state index contributed by atoms with van der Waals surface area (Å²) < 4.78 is 0.497. The van der Waals surface area contributed by atoms with E-state index in [9.17, 15) is 9.90 Å². The lowest BCUT2D eigenvalue weighted by molar-refractivity contribution is -0.112. The van der Waals surface area contributed by atoms with E-state index in [1.54, 1.807) is 36.4 Å². The second kappa shape index (κ2) is 6.73. The Balaban J connectivity index is 2.22. The summed E-state index contributed by atoms with van der Waals surface area (Å²) in [6.45, 7) is 0. The number of hydrogen-bond acceptors (Lipinski definition) is 3. The standard InChI is InChI=1S/C16H11BrN2O2/c17-14-9-11(6-7-15(14)20)8-12(10-18)16(21)19-13-4-2-1-3-5-13/h1-9,20H,(H,19,21). The van der Waals surface area contributed by atoms with Crippen molar-refractivity contribution >= 4 is 33.6 Å². The Morgan fingerprint density at radius 1 is 1.24 bits per heavy atom. The molecule has 4 nitrogen and oxygen atoms in total. The van der Waals surface area contributed by atoms with Gasteiger partial charge >= 0.3 is 0 Å². The first-order valence-electron chi connectivity index (χ1n) is 6.07. The number of halogens is 1. The Kier molecular flexibility index (Phi) is 4.75. The van der Waals surface area contributed by atoms with Crippen molar-refractivity contribution in [1.29, 1.82) is 5.26 Å². The highest BCUT2D eigenvalue weighted by Crippen LogP contribution is 2.25. The van der Waals surface area contributed by atoms with Gasteiger partial charge in [-0.2, -0.15) is 5.26 Å². The number of nitrogens with one attached hydrogen (secondary N) is 1. The van der Waals surface area contributed by atoms with E-state index >= 15 is 0 Å². The molecule has 0 saturated carbocycles. The first-order valence-corrected chi connectivity index (χ1v) is 6.86. The van der Waals surface area contributed by atoms with Gasteiger partial charge in [-0.1, -0.05) is 24.3 Å². The van der Waals surface area contributed by atoms with Gasteiger partial charge in [0.1, 0.15) is 17.4 Å². The van der Waals surface area contributed by atoms with Crippen LogP contribution in [0.3, 0.4) is 0 Å². The number of carbonyl (C=O) groups is 1. The number of benzene rings is 2. The van der Waals surface area contributed by atoms with Gasteiger partial charge < -0.3 is 10.4 Å². The van der Waals surface area contributed by atoms with Gasteiger partial charge in [0.05, 0.1) is 4.47 Å². The van der Waals surface area contributed by atoms with E-state index in [4.69, 9.17) is 5.26 Å². The molecule has 2 N–H and O–H groups in total. The number of nitriles is 1. The number of nitrogens with zero attached hydrogens (tertiary/aromatic N) is 1. The molecule has 0 aromatic heterocycles. The molecule has 0 fully saturated rings. The van der Waals surface area contributed by atoms with Crippen LogP contribution in [0.15, 0.2) is 58.6 Å². The second-order valence-electron chi connectivity index (χ2n) is 4.20. The zero-order valence-electron chi connectivity index (χ0n) is 10.9. The fraction of sp³-hybridized carbons (Fsp3) is 0. The number of amides is 1. The summed E-state index contributed by atoms with van der Waals surface area (Å²) in [6.07, 6.45) is 1.46. The van der Waals surface area contributed by atoms with Crippen molar-refractivity contribution in [2.24, 2.45) is 0 Å². The number of para-hydroxylation sites is 1. The minimum absolute atomic E-state index is 0.0172. The van der Waals surface area contributed by atoms with E-state index in [0.717, 1.165) is 0 Å². The Morgan fingerprint density at radius 2 is 1.95 bits per heavy atom. The van der Waals surface area contributed by atoms with Gasteiger partial charge in [0.15, 0.2) is 0 Å². The third-order valence-electron chi connectivity index (χ3n) is 2.68. The van der Waals surface area contributed by atoms with Crippen LogP contribution in [0.2, 0.25) is 0 Å². The Labute approximate surface area is 130 Å². The van der Waals surface area contributed by atoms with Crippen molar-refractivity contribution in [1.82, 2.24) is 0 Å². The molecular weight excluding hydrogens is 332 g/mol. The van der Waals surface area contributed by atoms with Crippen LogP contribution in [0.4, 0.5) is 5.69 Å². The molecule has 2 aromatic carbocycles. The molecule has 2 aromatic rings. The summed E-state index contributed by atoms with van der Waals surface area (Å²) in [4.78, 5) is 12.0. The summed E-state index contributed by atoms with van der Waals surface area (Å²) >= 11 is 3.19. The van der Waals surface area contributed by atoms with Crippen molar-refractivity contribution < 1.29 is 9.90 Å². The molecule has 0 aliphatic heterocycles. The van der Waals surface area contributed by atoms with Gasteiger partial charge in [0.25, 0.3) is 5.91 Å². The predicted molar refractivity (Wildman–Crippen MR) is 84.5 cm³/mol. The largest absolute Gasteiger partial charge is 0.507 e. The van der Waals surface area contributed by atoms with E-state index in [-0.39, 0.29) is 11.3 Å². The maximum Gasteiger partial charge on any atom is 0.266 e. The average Bonchev–Trinajstić information content (AvgIpc) is 2.49. The lowest BCUT2D eigenvalue weighted by Crippen LogP contribution is -2.13. The molecule has 0 heterocycles. The van der Waals surface area contributed by atoms with E-state index in [1.807, 2.05) is 12.1 Å². The van der Waals surface area contributed by atoms with Gasteiger partial charge in [-0.05, 0) is 51.8 Å². The fourth-order valence-corrected chi connectivity index (χ4v) is 2.04. The molecule has 5 heteroatoms. The third kappa shape index (κ3) is 3.94. The molecule has 0 bridgehead atoms. The first kappa shape index (κ1) is 14.8. The van der Waals surface area contributed by atoms with Crippen LogP contribution in [0.25, 0.3) is 6.08 Å². The topological polar surface area (TPSA) is 73.1 Å². The predicted octanol–water partition coefficient (Wildman–Crippen LogP) is 3.70. The van der Waals surface area contributed by atoms with Crippen molar-refractivity contribution in [3.63, 3.8) is 0 Å². The van der Waals surface area contributed by atoms with Crippen LogP contribution >= 0.6 is 15.9 Å². The van der Waals surface area contributed by atoms with Crippen LogP contribution < -0.4 is 5.32 Å². The van der Waals surface area contributed by atoms with Crippen LogP contribution in [0.1, 0.15) is 5.56 Å². The lowest BCUT2D eigenvalue weighted by atomic mass is 10.1. The molecule has 0 spiro atoms. The van der Waals surface area contributed by atoms with Crippen molar-refractivity contribution in [3.05, 3.63) is 64.1 Å². The lowest BCUT2D eigenvalue weighted by Gasteiger charge is -2.04. The second-order valence-corrected chi connectivity index (χ2v) is 5.06. The zero-order valence-corrected chi connectivity index (χ0v) is 12.5. The molecule has 0 unspecified atom stereocenters. The Hall–Kier alpha value is -2.58. The molecule has 2 rings (SSSR count). The molecular formula is C16H11BrN2O2. The van der Waals surface area contributed by atoms with Crippen molar-refractivity contribution in [3.8, 4) is 11.8 Å². The van der Waals surface area contributed by atoms with Crippen molar-refractivity contribution in [2.75, 3.05) is 5.32 Å². The van der Waals surface area contributed by atoms with Gasteiger partial charge in [-0.3, -0.25) is 4.79 Å². The smallest absolute Gasteiger partial charge is 0.266 e. The van der Waals surface area contributed by atoms with Crippen molar-refractivity contribution in [2.45, 2.75) is 0 Å². The number of anilines is 1. The maximum absolute atomic E-state index is 12.0. The van der Waals surface area contributed by atoms with E-state index in [0.29, 0.717) is 15.7 Å². The summed E-state index contributed by atoms with van der Waals surface area (Å²) in [5.41, 5.74) is 1.24. The maximum atomic E-state index is 12.0. The minimum atomic E-state index is -0.479. The first-order chi connectivity index (χ1) is 10.1. The quantitative estimate of drug-likeness (QED) is 0.659. The van der Waals surface area contributed by atoms with E-state index in [2.05, 4.69) is 21.2 Å². The van der Waals surface area contributed by atoms with E-state index < -0.39 is 5.91 Å². The molecule has 0 saturated heterocycles. The summed E-state index contributed by atoms with van der Waals surface area (Å²) in [6, 6.07) is 15.5. The minimum Gasteiger partial charge on any atom is -0.507 e. The number of carbonyl (C=O) groups excluding carboxylic acids is 1. The van der Waals surface area contributed by atoms with Crippen LogP contribution in [0.5, 0.6) is 5.75 Å². The summed E-state index contributed by atoms with van der Waals surface area (Å²) in [5.74, 6) is -0.382. The zero-order chi connectivity index (χ0) is 15.2. The van der Waals surface area contributed by atoms with Crippen LogP contribution in [0, 0.1) is 11.3 Å². The molecule has 1 amide bonds. The van der Waals surface area contributed by atoms with Gasteiger partial charge in [0.2, 0.25) is 0 Å². The van der Waals surface area contributed by atoms with Gasteiger partial charge in [-0.15, -0.1) is 0 Å². The van der Waals surface area contributed by atoms with Gasteiger partial charge in [-0.25, -0.2) is 0 Å². The Bertz CT molecular complexity index is 734.